The second kappa shape index (κ2) is 7.12. The minimum atomic E-state index is -0.659. The largest absolute Gasteiger partial charge is 0.489 e. The van der Waals surface area contributed by atoms with E-state index in [-0.39, 0.29) is 17.8 Å². The summed E-state index contributed by atoms with van der Waals surface area (Å²) < 4.78 is 6.12. The molecule has 0 radical (unpaired) electrons. The number of aliphatic carboxylic acids is 1. The number of benzene rings is 2. The van der Waals surface area contributed by atoms with Gasteiger partial charge in [-0.05, 0) is 77.8 Å². The Morgan fingerprint density at radius 1 is 1.13 bits per heavy atom. The number of carboxylic acid groups (broad SMARTS) is 1. The molecule has 31 heavy (non-hydrogen) atoms. The number of carbonyl (C=O) groups is 1. The lowest BCUT2D eigenvalue weighted by Gasteiger charge is -2.31. The molecule has 5 heteroatoms. The van der Waals surface area contributed by atoms with E-state index in [9.17, 15) is 9.90 Å². The number of ether oxygens (including phenoxy) is 1. The van der Waals surface area contributed by atoms with E-state index in [1.807, 2.05) is 24.4 Å². The number of aromatic nitrogens is 1. The number of nitrogens with zero attached hydrogens (tertiary/aromatic N) is 2. The third kappa shape index (κ3) is 3.16. The van der Waals surface area contributed by atoms with Gasteiger partial charge in [0.1, 0.15) is 18.2 Å². The highest BCUT2D eigenvalue weighted by Crippen LogP contribution is 2.61. The normalized spacial score (nSPS) is 23.0. The van der Waals surface area contributed by atoms with Crippen molar-refractivity contribution in [3.05, 3.63) is 83.0 Å². The molecule has 2 aliphatic carbocycles. The van der Waals surface area contributed by atoms with Crippen molar-refractivity contribution in [3.63, 3.8) is 0 Å². The number of carboxylic acids is 1. The fourth-order valence-electron chi connectivity index (χ4n) is 5.44. The summed E-state index contributed by atoms with van der Waals surface area (Å²) in [7, 11) is 0. The molecule has 156 valence electrons. The van der Waals surface area contributed by atoms with E-state index >= 15 is 0 Å². The van der Waals surface area contributed by atoms with Crippen molar-refractivity contribution in [2.45, 2.75) is 31.8 Å². The molecule has 0 bridgehead atoms. The molecule has 3 atom stereocenters. The molecule has 3 aromatic rings. The Bertz CT molecular complexity index is 1160. The second-order valence-electron chi connectivity index (χ2n) is 8.81. The first-order valence-corrected chi connectivity index (χ1v) is 11.0. The molecule has 2 aromatic carbocycles. The van der Waals surface area contributed by atoms with Crippen molar-refractivity contribution in [1.82, 2.24) is 4.98 Å². The highest BCUT2D eigenvalue weighted by atomic mass is 16.5. The van der Waals surface area contributed by atoms with Crippen LogP contribution in [0.1, 0.15) is 34.6 Å². The van der Waals surface area contributed by atoms with E-state index in [0.717, 1.165) is 42.9 Å². The van der Waals surface area contributed by atoms with Crippen LogP contribution in [0, 0.1) is 11.8 Å². The Kier molecular flexibility index (Phi) is 4.23. The Hall–Kier alpha value is -3.34. The standard InChI is InChI=1S/C26H24N2O3/c29-26(30)25-21-14-18-13-19(8-9-20(18)24(21)25)31-15-16-6-7-17-4-3-11-28(22(17)12-16)23-5-1-2-10-27-23/h1-2,5-10,12-13,21,24-25H,3-4,11,14-15H2,(H,29,30)/t21-,24+,25+/m1/s1. The van der Waals surface area contributed by atoms with Crippen LogP contribution in [0.25, 0.3) is 0 Å². The third-order valence-corrected chi connectivity index (χ3v) is 6.98. The molecular formula is C26H24N2O3. The lowest BCUT2D eigenvalue weighted by atomic mass is 9.99. The molecule has 1 N–H and O–H groups in total. The number of fused-ring (bicyclic) bond motifs is 4. The molecule has 2 heterocycles. The lowest BCUT2D eigenvalue weighted by Crippen LogP contribution is -2.25. The van der Waals surface area contributed by atoms with E-state index in [2.05, 4.69) is 46.3 Å². The average molecular weight is 412 g/mol. The van der Waals surface area contributed by atoms with Crippen LogP contribution in [-0.4, -0.2) is 22.6 Å². The van der Waals surface area contributed by atoms with Gasteiger partial charge >= 0.3 is 5.97 Å². The monoisotopic (exact) mass is 412 g/mol. The number of rotatable bonds is 5. The minimum Gasteiger partial charge on any atom is -0.489 e. The summed E-state index contributed by atoms with van der Waals surface area (Å²) in [6.07, 6.45) is 4.91. The first kappa shape index (κ1) is 18.4. The molecular weight excluding hydrogens is 388 g/mol. The van der Waals surface area contributed by atoms with Crippen molar-refractivity contribution in [2.75, 3.05) is 11.4 Å². The van der Waals surface area contributed by atoms with E-state index < -0.39 is 5.97 Å². The fourth-order valence-corrected chi connectivity index (χ4v) is 5.44. The van der Waals surface area contributed by atoms with Crippen LogP contribution in [0.4, 0.5) is 11.5 Å². The zero-order chi connectivity index (χ0) is 20.9. The Balaban J connectivity index is 1.19. The van der Waals surface area contributed by atoms with Gasteiger partial charge in [0.15, 0.2) is 0 Å². The van der Waals surface area contributed by atoms with Gasteiger partial charge in [-0.15, -0.1) is 0 Å². The van der Waals surface area contributed by atoms with E-state index in [0.29, 0.717) is 6.61 Å². The van der Waals surface area contributed by atoms with Gasteiger partial charge in [-0.2, -0.15) is 0 Å². The molecule has 0 saturated heterocycles. The molecule has 5 nitrogen and oxygen atoms in total. The second-order valence-corrected chi connectivity index (χ2v) is 8.81. The first-order chi connectivity index (χ1) is 15.2. The average Bonchev–Trinajstić information content (AvgIpc) is 3.40. The number of pyridine rings is 1. The molecule has 1 saturated carbocycles. The molecule has 1 aliphatic heterocycles. The number of hydrogen-bond acceptors (Lipinski definition) is 4. The van der Waals surface area contributed by atoms with Crippen LogP contribution in [0.3, 0.4) is 0 Å². The topological polar surface area (TPSA) is 62.7 Å². The fraction of sp³-hybridized carbons (Fsp3) is 0.308. The Morgan fingerprint density at radius 2 is 2.06 bits per heavy atom. The zero-order valence-corrected chi connectivity index (χ0v) is 17.2. The Morgan fingerprint density at radius 3 is 2.90 bits per heavy atom. The molecule has 1 aromatic heterocycles. The number of anilines is 2. The maximum atomic E-state index is 11.3. The molecule has 0 unspecified atom stereocenters. The van der Waals surface area contributed by atoms with Crippen LogP contribution in [0.2, 0.25) is 0 Å². The summed E-state index contributed by atoms with van der Waals surface area (Å²) in [6.45, 7) is 1.48. The number of aryl methyl sites for hydroxylation is 1. The van der Waals surface area contributed by atoms with Gasteiger partial charge in [0.2, 0.25) is 0 Å². The van der Waals surface area contributed by atoms with Gasteiger partial charge in [0.25, 0.3) is 0 Å². The van der Waals surface area contributed by atoms with E-state index in [1.54, 1.807) is 0 Å². The van der Waals surface area contributed by atoms with Gasteiger partial charge in [-0.1, -0.05) is 24.3 Å². The van der Waals surface area contributed by atoms with Gasteiger partial charge in [-0.25, -0.2) is 4.98 Å². The summed E-state index contributed by atoms with van der Waals surface area (Å²) >= 11 is 0. The molecule has 1 fully saturated rings. The number of hydrogen-bond donors (Lipinski definition) is 1. The summed E-state index contributed by atoms with van der Waals surface area (Å²) in [4.78, 5) is 18.1. The van der Waals surface area contributed by atoms with Crippen LogP contribution in [-0.2, 0) is 24.2 Å². The predicted octanol–water partition coefficient (Wildman–Crippen LogP) is 4.72. The minimum absolute atomic E-state index is 0.184. The van der Waals surface area contributed by atoms with Crippen molar-refractivity contribution in [3.8, 4) is 5.75 Å². The van der Waals surface area contributed by atoms with Crippen molar-refractivity contribution in [1.29, 1.82) is 0 Å². The van der Waals surface area contributed by atoms with E-state index in [4.69, 9.17) is 4.74 Å². The first-order valence-electron chi connectivity index (χ1n) is 11.0. The van der Waals surface area contributed by atoms with Crippen LogP contribution in [0.15, 0.2) is 60.8 Å². The SMILES string of the molecule is O=C(O)[C@H]1[C@@H]2Cc3cc(OCc4ccc5c(c4)N(c4ccccn4)CCC5)ccc3[C@@H]21. The van der Waals surface area contributed by atoms with Gasteiger partial charge in [0, 0.05) is 24.3 Å². The Labute approximate surface area is 181 Å². The smallest absolute Gasteiger partial charge is 0.307 e. The summed E-state index contributed by atoms with van der Waals surface area (Å²) in [5.74, 6) is 1.48. The maximum Gasteiger partial charge on any atom is 0.307 e. The lowest BCUT2D eigenvalue weighted by molar-refractivity contribution is -0.139. The molecule has 0 spiro atoms. The summed E-state index contributed by atoms with van der Waals surface area (Å²) in [5, 5.41) is 9.29. The van der Waals surface area contributed by atoms with Gasteiger partial charge in [0.05, 0.1) is 5.92 Å². The summed E-state index contributed by atoms with van der Waals surface area (Å²) in [6, 6.07) is 18.8. The quantitative estimate of drug-likeness (QED) is 0.657. The van der Waals surface area contributed by atoms with Crippen molar-refractivity contribution >= 4 is 17.5 Å². The van der Waals surface area contributed by atoms with Crippen LogP contribution >= 0.6 is 0 Å². The van der Waals surface area contributed by atoms with Crippen molar-refractivity contribution in [2.24, 2.45) is 11.8 Å². The third-order valence-electron chi connectivity index (χ3n) is 6.98. The van der Waals surface area contributed by atoms with Gasteiger partial charge in [-0.3, -0.25) is 4.79 Å². The van der Waals surface area contributed by atoms with Crippen LogP contribution in [0.5, 0.6) is 5.75 Å². The zero-order valence-electron chi connectivity index (χ0n) is 17.2. The van der Waals surface area contributed by atoms with E-state index in [1.165, 1.54) is 22.4 Å². The molecule has 3 aliphatic rings. The van der Waals surface area contributed by atoms with Crippen molar-refractivity contribution < 1.29 is 14.6 Å². The highest BCUT2D eigenvalue weighted by molar-refractivity contribution is 5.78. The predicted molar refractivity (Wildman–Crippen MR) is 118 cm³/mol. The molecule has 0 amide bonds. The van der Waals surface area contributed by atoms with Gasteiger partial charge < -0.3 is 14.7 Å². The maximum absolute atomic E-state index is 11.3. The molecule has 6 rings (SSSR count). The van der Waals surface area contributed by atoms with Crippen LogP contribution < -0.4 is 9.64 Å². The summed E-state index contributed by atoms with van der Waals surface area (Å²) in [5.41, 5.74) is 6.15. The highest BCUT2D eigenvalue weighted by Gasteiger charge is 2.59.